The molecule has 1 aliphatic heterocycles. The smallest absolute Gasteiger partial charge is 0.0270 e. The molecule has 1 unspecified atom stereocenters. The molecule has 0 aromatic carbocycles. The van der Waals surface area contributed by atoms with Crippen molar-refractivity contribution in [2.24, 2.45) is 0 Å². The average molecular weight is 258 g/mol. The highest BCUT2D eigenvalue weighted by Crippen LogP contribution is 2.20. The molecule has 0 aliphatic carbocycles. The van der Waals surface area contributed by atoms with Gasteiger partial charge in [0.25, 0.3) is 0 Å². The lowest BCUT2D eigenvalue weighted by atomic mass is 10.0. The predicted molar refractivity (Wildman–Crippen MR) is 66.2 cm³/mol. The first-order valence-corrected chi connectivity index (χ1v) is 4.07. The van der Waals surface area contributed by atoms with Gasteiger partial charge < -0.3 is 5.32 Å². The van der Waals surface area contributed by atoms with Crippen LogP contribution in [0.3, 0.4) is 0 Å². The summed E-state index contributed by atoms with van der Waals surface area (Å²) in [6, 6.07) is 4.22. The Kier molecular flexibility index (Phi) is 9.73. The van der Waals surface area contributed by atoms with Gasteiger partial charge in [0.15, 0.2) is 0 Å². The Morgan fingerprint density at radius 2 is 1.79 bits per heavy atom. The third-order valence-electron chi connectivity index (χ3n) is 2.24. The van der Waals surface area contributed by atoms with Gasteiger partial charge in [0, 0.05) is 18.9 Å². The van der Waals surface area contributed by atoms with Crippen LogP contribution in [0.2, 0.25) is 0 Å². The Hall–Kier alpha value is -0.0200. The first-order chi connectivity index (χ1) is 5.47. The van der Waals surface area contributed by atoms with Gasteiger partial charge in [-0.25, -0.2) is 0 Å². The fraction of sp³-hybridized carbons (Fsp3) is 0.444. The largest absolute Gasteiger partial charge is 0.316 e. The lowest BCUT2D eigenvalue weighted by Gasteiger charge is -2.06. The maximum absolute atomic E-state index is 4.00. The van der Waals surface area contributed by atoms with Gasteiger partial charge in [0.1, 0.15) is 0 Å². The molecule has 2 nitrogen and oxygen atoms in total. The minimum Gasteiger partial charge on any atom is -0.316 e. The van der Waals surface area contributed by atoms with Crippen molar-refractivity contribution in [1.82, 2.24) is 10.3 Å². The van der Waals surface area contributed by atoms with Crippen LogP contribution in [0.25, 0.3) is 0 Å². The van der Waals surface area contributed by atoms with E-state index in [-0.39, 0.29) is 37.2 Å². The zero-order valence-electron chi connectivity index (χ0n) is 7.68. The second-order valence-corrected chi connectivity index (χ2v) is 2.97. The number of hydrogen-bond donors (Lipinski definition) is 1. The highest BCUT2D eigenvalue weighted by Gasteiger charge is 2.15. The summed E-state index contributed by atoms with van der Waals surface area (Å²) >= 11 is 0. The number of nitrogens with one attached hydrogen (secondary N) is 1. The highest BCUT2D eigenvalue weighted by molar-refractivity contribution is 5.86. The number of aromatic nitrogens is 1. The van der Waals surface area contributed by atoms with Crippen molar-refractivity contribution in [1.29, 1.82) is 0 Å². The maximum Gasteiger partial charge on any atom is 0.0270 e. The number of pyridine rings is 1. The SMILES string of the molecule is Cl.Cl.Cl.c1cc(C2CCNC2)ccn1. The summed E-state index contributed by atoms with van der Waals surface area (Å²) in [7, 11) is 0. The Balaban J connectivity index is 0. The van der Waals surface area contributed by atoms with Gasteiger partial charge >= 0.3 is 0 Å². The molecule has 5 heteroatoms. The molecule has 1 aromatic rings. The molecule has 1 aliphatic rings. The summed E-state index contributed by atoms with van der Waals surface area (Å²) in [6.07, 6.45) is 5.01. The molecule has 0 radical (unpaired) electrons. The van der Waals surface area contributed by atoms with E-state index < -0.39 is 0 Å². The molecule has 14 heavy (non-hydrogen) atoms. The fourth-order valence-electron chi connectivity index (χ4n) is 1.57. The summed E-state index contributed by atoms with van der Waals surface area (Å²) in [6.45, 7) is 2.29. The molecule has 2 rings (SSSR count). The molecule has 1 fully saturated rings. The fourth-order valence-corrected chi connectivity index (χ4v) is 1.57. The van der Waals surface area contributed by atoms with Crippen LogP contribution in [0, 0.1) is 0 Å². The predicted octanol–water partition coefficient (Wildman–Crippen LogP) is 2.42. The first-order valence-electron chi connectivity index (χ1n) is 4.07. The van der Waals surface area contributed by atoms with Gasteiger partial charge in [-0.15, -0.1) is 37.2 Å². The molecule has 1 saturated heterocycles. The van der Waals surface area contributed by atoms with E-state index in [4.69, 9.17) is 0 Å². The van der Waals surface area contributed by atoms with E-state index in [9.17, 15) is 0 Å². The Labute approximate surface area is 103 Å². The first kappa shape index (κ1) is 16.4. The third kappa shape index (κ3) is 4.01. The summed E-state index contributed by atoms with van der Waals surface area (Å²) < 4.78 is 0. The highest BCUT2D eigenvalue weighted by atomic mass is 35.5. The lowest BCUT2D eigenvalue weighted by Crippen LogP contribution is -2.07. The van der Waals surface area contributed by atoms with Crippen LogP contribution in [-0.2, 0) is 0 Å². The van der Waals surface area contributed by atoms with E-state index in [2.05, 4.69) is 22.4 Å². The van der Waals surface area contributed by atoms with E-state index >= 15 is 0 Å². The van der Waals surface area contributed by atoms with Gasteiger partial charge in [-0.1, -0.05) is 0 Å². The standard InChI is InChI=1S/C9H12N2.3ClH/c1-4-10-5-2-8(1)9-3-6-11-7-9;;;/h1-2,4-5,9,11H,3,6-7H2;3*1H. The normalized spacial score (nSPS) is 18.7. The van der Waals surface area contributed by atoms with Crippen molar-refractivity contribution in [2.45, 2.75) is 12.3 Å². The zero-order valence-corrected chi connectivity index (χ0v) is 10.1. The minimum absolute atomic E-state index is 0. The lowest BCUT2D eigenvalue weighted by molar-refractivity contribution is 0.761. The quantitative estimate of drug-likeness (QED) is 0.836. The number of rotatable bonds is 1. The molecule has 0 spiro atoms. The van der Waals surface area contributed by atoms with Gasteiger partial charge in [0.05, 0.1) is 0 Å². The van der Waals surface area contributed by atoms with Gasteiger partial charge in [0.2, 0.25) is 0 Å². The Morgan fingerprint density at radius 3 is 2.29 bits per heavy atom. The van der Waals surface area contributed by atoms with Gasteiger partial charge in [-0.2, -0.15) is 0 Å². The molecule has 82 valence electrons. The van der Waals surface area contributed by atoms with Crippen LogP contribution in [0.1, 0.15) is 17.9 Å². The monoisotopic (exact) mass is 256 g/mol. The Bertz CT molecular complexity index is 225. The summed E-state index contributed by atoms with van der Waals surface area (Å²) in [5, 5.41) is 3.35. The van der Waals surface area contributed by atoms with E-state index in [0.29, 0.717) is 0 Å². The average Bonchev–Trinajstić information content (AvgIpc) is 2.58. The molecule has 1 N–H and O–H groups in total. The van der Waals surface area contributed by atoms with Crippen molar-refractivity contribution in [3.8, 4) is 0 Å². The summed E-state index contributed by atoms with van der Waals surface area (Å²) in [4.78, 5) is 4.00. The molecule has 2 heterocycles. The van der Waals surface area contributed by atoms with Crippen molar-refractivity contribution in [3.63, 3.8) is 0 Å². The van der Waals surface area contributed by atoms with E-state index in [1.54, 1.807) is 0 Å². The molecular formula is C9H15Cl3N2. The number of nitrogens with zero attached hydrogens (tertiary/aromatic N) is 1. The van der Waals surface area contributed by atoms with Crippen LogP contribution in [-0.4, -0.2) is 18.1 Å². The molecule has 1 aromatic heterocycles. The molecular weight excluding hydrogens is 242 g/mol. The second kappa shape index (κ2) is 8.30. The maximum atomic E-state index is 4.00. The van der Waals surface area contributed by atoms with Crippen LogP contribution in [0.15, 0.2) is 24.5 Å². The van der Waals surface area contributed by atoms with Gasteiger partial charge in [-0.3, -0.25) is 4.98 Å². The zero-order chi connectivity index (χ0) is 7.52. The van der Waals surface area contributed by atoms with Crippen LogP contribution < -0.4 is 5.32 Å². The summed E-state index contributed by atoms with van der Waals surface area (Å²) in [5.74, 6) is 0.720. The van der Waals surface area contributed by atoms with E-state index in [0.717, 1.165) is 19.0 Å². The van der Waals surface area contributed by atoms with Gasteiger partial charge in [-0.05, 0) is 36.6 Å². The minimum atomic E-state index is 0. The van der Waals surface area contributed by atoms with Crippen LogP contribution in [0.4, 0.5) is 0 Å². The second-order valence-electron chi connectivity index (χ2n) is 2.97. The topological polar surface area (TPSA) is 24.9 Å². The number of halogens is 3. The third-order valence-corrected chi connectivity index (χ3v) is 2.24. The molecule has 0 amide bonds. The van der Waals surface area contributed by atoms with Crippen molar-refractivity contribution in [2.75, 3.05) is 13.1 Å². The number of hydrogen-bond acceptors (Lipinski definition) is 2. The van der Waals surface area contributed by atoms with E-state index in [1.807, 2.05) is 12.4 Å². The summed E-state index contributed by atoms with van der Waals surface area (Å²) in [5.41, 5.74) is 1.42. The van der Waals surface area contributed by atoms with E-state index in [1.165, 1.54) is 12.0 Å². The van der Waals surface area contributed by atoms with Crippen molar-refractivity contribution in [3.05, 3.63) is 30.1 Å². The van der Waals surface area contributed by atoms with Crippen LogP contribution >= 0.6 is 37.2 Å². The molecule has 0 bridgehead atoms. The Morgan fingerprint density at radius 1 is 1.14 bits per heavy atom. The molecule has 1 atom stereocenters. The molecule has 0 saturated carbocycles. The van der Waals surface area contributed by atoms with Crippen molar-refractivity contribution >= 4 is 37.2 Å². The van der Waals surface area contributed by atoms with Crippen molar-refractivity contribution < 1.29 is 0 Å². The van der Waals surface area contributed by atoms with Crippen LogP contribution in [0.5, 0.6) is 0 Å².